The molecule has 0 aliphatic heterocycles. The molecule has 5 heteroatoms. The molecule has 1 aromatic rings. The Kier molecular flexibility index (Phi) is 6.56. The Hall–Kier alpha value is -1.36. The predicted octanol–water partition coefficient (Wildman–Crippen LogP) is 2.29. The molecule has 2 atom stereocenters. The number of aromatic nitrogens is 2. The molecule has 19 heavy (non-hydrogen) atoms. The first-order valence-electron chi connectivity index (χ1n) is 7.07. The third kappa shape index (κ3) is 4.67. The van der Waals surface area contributed by atoms with Gasteiger partial charge in [-0.05, 0) is 26.7 Å². The maximum Gasteiger partial charge on any atom is 0.327 e. The summed E-state index contributed by atoms with van der Waals surface area (Å²) in [6.45, 7) is 9.31. The van der Waals surface area contributed by atoms with E-state index in [2.05, 4.69) is 31.2 Å². The molecule has 0 saturated heterocycles. The summed E-state index contributed by atoms with van der Waals surface area (Å²) in [5.41, 5.74) is 0.868. The third-order valence-electron chi connectivity index (χ3n) is 3.03. The molecular formula is C14H25N3O2. The SMILES string of the molecule is CCCn1cc(C(NC(C)CC)C(=O)OCC)cn1. The molecule has 0 spiro atoms. The average Bonchev–Trinajstić information content (AvgIpc) is 2.84. The number of rotatable bonds is 8. The zero-order chi connectivity index (χ0) is 14.3. The van der Waals surface area contributed by atoms with Crippen molar-refractivity contribution in [3.05, 3.63) is 18.0 Å². The molecular weight excluding hydrogens is 242 g/mol. The van der Waals surface area contributed by atoms with Crippen LogP contribution in [-0.2, 0) is 16.1 Å². The van der Waals surface area contributed by atoms with Gasteiger partial charge in [-0.3, -0.25) is 10.00 Å². The van der Waals surface area contributed by atoms with Crippen molar-refractivity contribution in [3.63, 3.8) is 0 Å². The van der Waals surface area contributed by atoms with E-state index in [9.17, 15) is 4.79 Å². The van der Waals surface area contributed by atoms with E-state index in [-0.39, 0.29) is 12.0 Å². The van der Waals surface area contributed by atoms with E-state index in [1.807, 2.05) is 17.8 Å². The van der Waals surface area contributed by atoms with Gasteiger partial charge in [0.25, 0.3) is 0 Å². The standard InChI is InChI=1S/C14H25N3O2/c1-5-8-17-10-12(9-15-17)13(14(18)19-7-3)16-11(4)6-2/h9-11,13,16H,5-8H2,1-4H3. The Morgan fingerprint density at radius 1 is 1.47 bits per heavy atom. The molecule has 0 aliphatic carbocycles. The van der Waals surface area contributed by atoms with E-state index in [0.29, 0.717) is 6.61 Å². The van der Waals surface area contributed by atoms with Crippen LogP contribution >= 0.6 is 0 Å². The van der Waals surface area contributed by atoms with Crippen molar-refractivity contribution < 1.29 is 9.53 Å². The summed E-state index contributed by atoms with van der Waals surface area (Å²) in [5, 5.41) is 7.57. The van der Waals surface area contributed by atoms with Crippen molar-refractivity contribution in [2.75, 3.05) is 6.61 Å². The minimum atomic E-state index is -0.430. The second-order valence-electron chi connectivity index (χ2n) is 4.70. The fourth-order valence-corrected chi connectivity index (χ4v) is 1.81. The van der Waals surface area contributed by atoms with Crippen molar-refractivity contribution in [3.8, 4) is 0 Å². The predicted molar refractivity (Wildman–Crippen MR) is 74.8 cm³/mol. The van der Waals surface area contributed by atoms with Gasteiger partial charge in [-0.2, -0.15) is 5.10 Å². The summed E-state index contributed by atoms with van der Waals surface area (Å²) >= 11 is 0. The first-order valence-corrected chi connectivity index (χ1v) is 7.07. The first-order chi connectivity index (χ1) is 9.12. The van der Waals surface area contributed by atoms with Crippen LogP contribution in [0.2, 0.25) is 0 Å². The number of esters is 1. The highest BCUT2D eigenvalue weighted by Gasteiger charge is 2.24. The first kappa shape index (κ1) is 15.7. The third-order valence-corrected chi connectivity index (χ3v) is 3.03. The number of ether oxygens (including phenoxy) is 1. The lowest BCUT2D eigenvalue weighted by Gasteiger charge is -2.20. The van der Waals surface area contributed by atoms with E-state index >= 15 is 0 Å². The van der Waals surface area contributed by atoms with Crippen LogP contribution in [0.1, 0.15) is 52.1 Å². The lowest BCUT2D eigenvalue weighted by Crippen LogP contribution is -2.35. The summed E-state index contributed by atoms with van der Waals surface area (Å²) in [4.78, 5) is 12.0. The number of nitrogens with one attached hydrogen (secondary N) is 1. The fraction of sp³-hybridized carbons (Fsp3) is 0.714. The number of aryl methyl sites for hydroxylation is 1. The van der Waals surface area contributed by atoms with Crippen molar-refractivity contribution in [1.82, 2.24) is 15.1 Å². The molecule has 1 heterocycles. The summed E-state index contributed by atoms with van der Waals surface area (Å²) in [5.74, 6) is -0.237. The quantitative estimate of drug-likeness (QED) is 0.734. The Morgan fingerprint density at radius 3 is 2.79 bits per heavy atom. The second kappa shape index (κ2) is 7.94. The van der Waals surface area contributed by atoms with Gasteiger partial charge in [0, 0.05) is 24.3 Å². The minimum absolute atomic E-state index is 0.237. The van der Waals surface area contributed by atoms with Gasteiger partial charge < -0.3 is 4.74 Å². The molecule has 2 unspecified atom stereocenters. The van der Waals surface area contributed by atoms with Crippen LogP contribution in [0.5, 0.6) is 0 Å². The topological polar surface area (TPSA) is 56.2 Å². The molecule has 0 fully saturated rings. The maximum absolute atomic E-state index is 12.0. The van der Waals surface area contributed by atoms with Gasteiger partial charge in [-0.25, -0.2) is 4.79 Å². The summed E-state index contributed by atoms with van der Waals surface area (Å²) < 4.78 is 7.00. The molecule has 1 aromatic heterocycles. The Morgan fingerprint density at radius 2 is 2.21 bits per heavy atom. The lowest BCUT2D eigenvalue weighted by atomic mass is 10.1. The minimum Gasteiger partial charge on any atom is -0.465 e. The summed E-state index contributed by atoms with van der Waals surface area (Å²) in [7, 11) is 0. The number of nitrogens with zero attached hydrogens (tertiary/aromatic N) is 2. The van der Waals surface area contributed by atoms with Gasteiger partial charge in [-0.15, -0.1) is 0 Å². The van der Waals surface area contributed by atoms with Crippen molar-refractivity contribution in [2.24, 2.45) is 0 Å². The summed E-state index contributed by atoms with van der Waals surface area (Å²) in [6.07, 6.45) is 5.63. The van der Waals surface area contributed by atoms with Crippen molar-refractivity contribution in [2.45, 2.75) is 59.2 Å². The van der Waals surface area contributed by atoms with Crippen LogP contribution in [0.15, 0.2) is 12.4 Å². The lowest BCUT2D eigenvalue weighted by molar-refractivity contribution is -0.146. The molecule has 0 amide bonds. The van der Waals surface area contributed by atoms with Crippen LogP contribution in [0, 0.1) is 0 Å². The Labute approximate surface area is 115 Å². The molecule has 0 saturated carbocycles. The van der Waals surface area contributed by atoms with E-state index in [1.54, 1.807) is 6.20 Å². The van der Waals surface area contributed by atoms with Crippen molar-refractivity contribution >= 4 is 5.97 Å². The highest BCUT2D eigenvalue weighted by atomic mass is 16.5. The number of hydrogen-bond acceptors (Lipinski definition) is 4. The molecule has 108 valence electrons. The van der Waals surface area contributed by atoms with E-state index < -0.39 is 6.04 Å². The maximum atomic E-state index is 12.0. The highest BCUT2D eigenvalue weighted by molar-refractivity contribution is 5.77. The molecule has 0 aromatic carbocycles. The smallest absolute Gasteiger partial charge is 0.327 e. The average molecular weight is 267 g/mol. The van der Waals surface area contributed by atoms with Gasteiger partial charge in [0.05, 0.1) is 12.8 Å². The molecule has 0 bridgehead atoms. The van der Waals surface area contributed by atoms with Crippen LogP contribution in [0.3, 0.4) is 0 Å². The second-order valence-corrected chi connectivity index (χ2v) is 4.70. The van der Waals surface area contributed by atoms with Crippen LogP contribution in [0.25, 0.3) is 0 Å². The van der Waals surface area contributed by atoms with E-state index in [4.69, 9.17) is 4.74 Å². The number of hydrogen-bond donors (Lipinski definition) is 1. The van der Waals surface area contributed by atoms with E-state index in [1.165, 1.54) is 0 Å². The van der Waals surface area contributed by atoms with E-state index in [0.717, 1.165) is 24.9 Å². The zero-order valence-corrected chi connectivity index (χ0v) is 12.3. The Bertz CT molecular complexity index is 390. The van der Waals surface area contributed by atoms with Gasteiger partial charge >= 0.3 is 5.97 Å². The normalized spacial score (nSPS) is 14.1. The van der Waals surface area contributed by atoms with Crippen LogP contribution in [-0.4, -0.2) is 28.4 Å². The molecule has 5 nitrogen and oxygen atoms in total. The number of carbonyl (C=O) groups excluding carboxylic acids is 1. The fourth-order valence-electron chi connectivity index (χ4n) is 1.81. The van der Waals surface area contributed by atoms with Gasteiger partial charge in [0.1, 0.15) is 6.04 Å². The number of carbonyl (C=O) groups is 1. The van der Waals surface area contributed by atoms with Crippen molar-refractivity contribution in [1.29, 1.82) is 0 Å². The van der Waals surface area contributed by atoms with Crippen LogP contribution in [0.4, 0.5) is 0 Å². The van der Waals surface area contributed by atoms with Crippen LogP contribution < -0.4 is 5.32 Å². The van der Waals surface area contributed by atoms with Gasteiger partial charge in [0.2, 0.25) is 0 Å². The molecule has 0 radical (unpaired) electrons. The molecule has 0 aliphatic rings. The zero-order valence-electron chi connectivity index (χ0n) is 12.3. The Balaban J connectivity index is 2.84. The molecule has 1 rings (SSSR count). The summed E-state index contributed by atoms with van der Waals surface area (Å²) in [6, 6.07) is -0.176. The van der Waals surface area contributed by atoms with Gasteiger partial charge in [0.15, 0.2) is 0 Å². The highest BCUT2D eigenvalue weighted by Crippen LogP contribution is 2.16. The molecule has 1 N–H and O–H groups in total. The monoisotopic (exact) mass is 267 g/mol. The largest absolute Gasteiger partial charge is 0.465 e. The van der Waals surface area contributed by atoms with Gasteiger partial charge in [-0.1, -0.05) is 13.8 Å².